The van der Waals surface area contributed by atoms with Crippen molar-refractivity contribution >= 4 is 22.0 Å². The SMILES string of the molecule is O=C(NCc1cc(-c2cccc(Br)c2)no1)N(C1CC1)C1CCCNC1. The molecule has 26 heavy (non-hydrogen) atoms. The zero-order chi connectivity index (χ0) is 17.9. The van der Waals surface area contributed by atoms with Gasteiger partial charge in [-0.15, -0.1) is 0 Å². The van der Waals surface area contributed by atoms with Gasteiger partial charge in [0.15, 0.2) is 5.76 Å². The molecule has 1 aliphatic carbocycles. The van der Waals surface area contributed by atoms with Crippen LogP contribution in [0.3, 0.4) is 0 Å². The van der Waals surface area contributed by atoms with Crippen molar-refractivity contribution in [3.63, 3.8) is 0 Å². The summed E-state index contributed by atoms with van der Waals surface area (Å²) in [5.41, 5.74) is 1.75. The Morgan fingerprint density at radius 2 is 2.19 bits per heavy atom. The molecule has 1 saturated carbocycles. The molecule has 1 saturated heterocycles. The van der Waals surface area contributed by atoms with Crippen LogP contribution in [0, 0.1) is 0 Å². The van der Waals surface area contributed by atoms with E-state index in [1.807, 2.05) is 35.2 Å². The van der Waals surface area contributed by atoms with Crippen LogP contribution in [0.25, 0.3) is 11.3 Å². The minimum atomic E-state index is 0.00149. The second kappa shape index (κ2) is 7.80. The second-order valence-corrected chi connectivity index (χ2v) is 7.90. The minimum Gasteiger partial charge on any atom is -0.359 e. The molecule has 2 fully saturated rings. The van der Waals surface area contributed by atoms with Crippen LogP contribution in [0.4, 0.5) is 4.79 Å². The van der Waals surface area contributed by atoms with E-state index in [2.05, 4.69) is 31.7 Å². The maximum Gasteiger partial charge on any atom is 0.318 e. The van der Waals surface area contributed by atoms with Crippen molar-refractivity contribution in [3.05, 3.63) is 40.6 Å². The Labute approximate surface area is 161 Å². The van der Waals surface area contributed by atoms with E-state index in [4.69, 9.17) is 4.52 Å². The van der Waals surface area contributed by atoms with Crippen LogP contribution in [-0.4, -0.2) is 41.3 Å². The predicted octanol–water partition coefficient (Wildman–Crippen LogP) is 3.53. The summed E-state index contributed by atoms with van der Waals surface area (Å²) in [6, 6.07) is 10.5. The highest BCUT2D eigenvalue weighted by atomic mass is 79.9. The van der Waals surface area contributed by atoms with Gasteiger partial charge in [-0.25, -0.2) is 4.79 Å². The summed E-state index contributed by atoms with van der Waals surface area (Å²) in [6.07, 6.45) is 4.42. The summed E-state index contributed by atoms with van der Waals surface area (Å²) in [4.78, 5) is 14.8. The molecule has 1 atom stereocenters. The van der Waals surface area contributed by atoms with Gasteiger partial charge >= 0.3 is 6.03 Å². The first kappa shape index (κ1) is 17.5. The fourth-order valence-corrected chi connectivity index (χ4v) is 3.89. The van der Waals surface area contributed by atoms with Gasteiger partial charge in [0, 0.05) is 34.7 Å². The number of nitrogens with one attached hydrogen (secondary N) is 2. The summed E-state index contributed by atoms with van der Waals surface area (Å²) in [5.74, 6) is 0.658. The van der Waals surface area contributed by atoms with Gasteiger partial charge in [0.2, 0.25) is 0 Å². The van der Waals surface area contributed by atoms with Crippen molar-refractivity contribution in [3.8, 4) is 11.3 Å². The fourth-order valence-electron chi connectivity index (χ4n) is 3.49. The maximum absolute atomic E-state index is 12.7. The largest absolute Gasteiger partial charge is 0.359 e. The van der Waals surface area contributed by atoms with E-state index in [-0.39, 0.29) is 6.03 Å². The van der Waals surface area contributed by atoms with Gasteiger partial charge in [0.05, 0.1) is 6.54 Å². The first-order chi connectivity index (χ1) is 12.7. The molecule has 2 aliphatic rings. The third kappa shape index (κ3) is 4.10. The van der Waals surface area contributed by atoms with Gasteiger partial charge in [-0.2, -0.15) is 0 Å². The van der Waals surface area contributed by atoms with Crippen molar-refractivity contribution in [2.75, 3.05) is 13.1 Å². The quantitative estimate of drug-likeness (QED) is 0.778. The molecular weight excluding hydrogens is 396 g/mol. The van der Waals surface area contributed by atoms with Crippen molar-refractivity contribution in [2.45, 2.75) is 44.3 Å². The lowest BCUT2D eigenvalue weighted by Crippen LogP contribution is -2.52. The zero-order valence-corrected chi connectivity index (χ0v) is 16.2. The highest BCUT2D eigenvalue weighted by Crippen LogP contribution is 2.30. The number of carbonyl (C=O) groups excluding carboxylic acids is 1. The first-order valence-corrected chi connectivity index (χ1v) is 9.98. The Bertz CT molecular complexity index is 768. The summed E-state index contributed by atoms with van der Waals surface area (Å²) in [7, 11) is 0. The molecule has 0 bridgehead atoms. The summed E-state index contributed by atoms with van der Waals surface area (Å²) >= 11 is 3.46. The molecule has 7 heteroatoms. The van der Waals surface area contributed by atoms with E-state index in [0.717, 1.165) is 54.5 Å². The number of halogens is 1. The van der Waals surface area contributed by atoms with E-state index < -0.39 is 0 Å². The lowest BCUT2D eigenvalue weighted by atomic mass is 10.1. The van der Waals surface area contributed by atoms with E-state index in [9.17, 15) is 4.79 Å². The summed E-state index contributed by atoms with van der Waals surface area (Å²) < 4.78 is 6.39. The molecule has 1 aliphatic heterocycles. The average molecular weight is 419 g/mol. The second-order valence-electron chi connectivity index (χ2n) is 6.99. The third-order valence-corrected chi connectivity index (χ3v) is 5.43. The van der Waals surface area contributed by atoms with Crippen molar-refractivity contribution in [2.24, 2.45) is 0 Å². The molecule has 138 valence electrons. The average Bonchev–Trinajstić information content (AvgIpc) is 3.37. The zero-order valence-electron chi connectivity index (χ0n) is 14.6. The van der Waals surface area contributed by atoms with Gasteiger partial charge in [-0.05, 0) is 44.4 Å². The first-order valence-electron chi connectivity index (χ1n) is 9.19. The number of aromatic nitrogens is 1. The molecule has 1 aromatic heterocycles. The summed E-state index contributed by atoms with van der Waals surface area (Å²) in [6.45, 7) is 2.29. The van der Waals surface area contributed by atoms with Gasteiger partial charge in [-0.3, -0.25) is 0 Å². The number of hydrogen-bond donors (Lipinski definition) is 2. The Kier molecular flexibility index (Phi) is 5.26. The normalized spacial score (nSPS) is 20.0. The lowest BCUT2D eigenvalue weighted by molar-refractivity contribution is 0.154. The number of hydrogen-bond acceptors (Lipinski definition) is 4. The van der Waals surface area contributed by atoms with Crippen LogP contribution in [0.15, 0.2) is 39.3 Å². The number of carbonyl (C=O) groups is 1. The Hall–Kier alpha value is -1.86. The molecule has 1 unspecified atom stereocenters. The molecular formula is C19H23BrN4O2. The van der Waals surface area contributed by atoms with Crippen LogP contribution < -0.4 is 10.6 Å². The molecule has 1 aromatic carbocycles. The van der Waals surface area contributed by atoms with Crippen LogP contribution >= 0.6 is 15.9 Å². The predicted molar refractivity (Wildman–Crippen MR) is 103 cm³/mol. The molecule has 0 spiro atoms. The van der Waals surface area contributed by atoms with Gasteiger partial charge < -0.3 is 20.1 Å². The number of nitrogens with zero attached hydrogens (tertiary/aromatic N) is 2. The van der Waals surface area contributed by atoms with Gasteiger partial charge in [-0.1, -0.05) is 33.2 Å². The monoisotopic (exact) mass is 418 g/mol. The van der Waals surface area contributed by atoms with Crippen LogP contribution in [0.5, 0.6) is 0 Å². The maximum atomic E-state index is 12.7. The van der Waals surface area contributed by atoms with Crippen LogP contribution in [0.1, 0.15) is 31.4 Å². The third-order valence-electron chi connectivity index (χ3n) is 4.93. The number of urea groups is 1. The highest BCUT2D eigenvalue weighted by molar-refractivity contribution is 9.10. The van der Waals surface area contributed by atoms with Gasteiger partial charge in [0.25, 0.3) is 0 Å². The van der Waals surface area contributed by atoms with Crippen molar-refractivity contribution in [1.29, 1.82) is 0 Å². The van der Waals surface area contributed by atoms with Crippen molar-refractivity contribution in [1.82, 2.24) is 20.7 Å². The fraction of sp³-hybridized carbons (Fsp3) is 0.474. The Morgan fingerprint density at radius 1 is 1.31 bits per heavy atom. The van der Waals surface area contributed by atoms with E-state index in [1.165, 1.54) is 0 Å². The van der Waals surface area contributed by atoms with Crippen molar-refractivity contribution < 1.29 is 9.32 Å². The van der Waals surface area contributed by atoms with Crippen LogP contribution in [0.2, 0.25) is 0 Å². The molecule has 6 nitrogen and oxygen atoms in total. The molecule has 0 radical (unpaired) electrons. The molecule has 2 aromatic rings. The van der Waals surface area contributed by atoms with E-state index in [0.29, 0.717) is 24.4 Å². The Balaban J connectivity index is 1.38. The number of benzene rings is 1. The highest BCUT2D eigenvalue weighted by Gasteiger charge is 2.37. The van der Waals surface area contributed by atoms with Gasteiger partial charge in [0.1, 0.15) is 5.69 Å². The molecule has 4 rings (SSSR count). The van der Waals surface area contributed by atoms with Crippen LogP contribution in [-0.2, 0) is 6.54 Å². The molecule has 2 amide bonds. The standard InChI is InChI=1S/C19H23BrN4O2/c20-14-4-1-3-13(9-14)18-10-17(26-23-18)12-22-19(25)24(15-6-7-15)16-5-2-8-21-11-16/h1,3-4,9-10,15-16,21H,2,5-8,11-12H2,(H,22,25). The van der Waals surface area contributed by atoms with E-state index in [1.54, 1.807) is 0 Å². The summed E-state index contributed by atoms with van der Waals surface area (Å²) in [5, 5.41) is 10.5. The number of piperidine rings is 1. The van der Waals surface area contributed by atoms with E-state index >= 15 is 0 Å². The molecule has 2 heterocycles. The number of amides is 2. The topological polar surface area (TPSA) is 70.4 Å². The lowest BCUT2D eigenvalue weighted by Gasteiger charge is -2.34. The smallest absolute Gasteiger partial charge is 0.318 e. The molecule has 2 N–H and O–H groups in total. The Morgan fingerprint density at radius 3 is 2.92 bits per heavy atom. The number of rotatable bonds is 5. The minimum absolute atomic E-state index is 0.00149.